The Hall–Kier alpha value is -3.12. The third-order valence-electron chi connectivity index (χ3n) is 5.01. The number of H-pyrrole nitrogens is 1. The molecule has 0 bridgehead atoms. The first-order chi connectivity index (χ1) is 14.2. The molecule has 4 aromatic rings. The Bertz CT molecular complexity index is 1060. The molecular formula is C23H26N4O2. The zero-order chi connectivity index (χ0) is 20.1. The monoisotopic (exact) mass is 390 g/mol. The van der Waals surface area contributed by atoms with Crippen molar-refractivity contribution in [2.24, 2.45) is 0 Å². The molecule has 1 atom stereocenters. The van der Waals surface area contributed by atoms with Crippen molar-refractivity contribution in [2.45, 2.75) is 38.8 Å². The van der Waals surface area contributed by atoms with Crippen LogP contribution in [0.1, 0.15) is 29.8 Å². The van der Waals surface area contributed by atoms with Crippen LogP contribution in [0.3, 0.4) is 0 Å². The predicted molar refractivity (Wildman–Crippen MR) is 113 cm³/mol. The van der Waals surface area contributed by atoms with Crippen molar-refractivity contribution >= 4 is 10.9 Å². The van der Waals surface area contributed by atoms with Crippen LogP contribution in [0.5, 0.6) is 5.75 Å². The minimum Gasteiger partial charge on any atom is -0.490 e. The average Bonchev–Trinajstić information content (AvgIpc) is 3.34. The maximum absolute atomic E-state index is 10.3. The molecule has 0 saturated carbocycles. The van der Waals surface area contributed by atoms with Crippen LogP contribution < -0.4 is 4.74 Å². The summed E-state index contributed by atoms with van der Waals surface area (Å²) in [7, 11) is 0. The number of aryl methyl sites for hydroxylation is 2. The summed E-state index contributed by atoms with van der Waals surface area (Å²) in [5.74, 6) is 0.757. The van der Waals surface area contributed by atoms with Gasteiger partial charge in [0.25, 0.3) is 0 Å². The third kappa shape index (κ3) is 4.84. The number of hydrogen-bond acceptors (Lipinski definition) is 4. The van der Waals surface area contributed by atoms with E-state index in [1.54, 1.807) is 0 Å². The summed E-state index contributed by atoms with van der Waals surface area (Å²) in [5.41, 5.74) is 4.13. The first-order valence-corrected chi connectivity index (χ1v) is 10.00. The molecule has 0 unspecified atom stereocenters. The van der Waals surface area contributed by atoms with Gasteiger partial charge in [0.15, 0.2) is 0 Å². The molecular weight excluding hydrogens is 364 g/mol. The predicted octanol–water partition coefficient (Wildman–Crippen LogP) is 3.88. The van der Waals surface area contributed by atoms with Gasteiger partial charge in [0, 0.05) is 11.9 Å². The minimum absolute atomic E-state index is 0.270. The summed E-state index contributed by atoms with van der Waals surface area (Å²) in [4.78, 5) is 0. The van der Waals surface area contributed by atoms with Gasteiger partial charge in [-0.2, -0.15) is 10.2 Å². The molecule has 6 heteroatoms. The second-order valence-corrected chi connectivity index (χ2v) is 7.35. The Labute approximate surface area is 170 Å². The number of hydrogen-bond donors (Lipinski definition) is 2. The van der Waals surface area contributed by atoms with E-state index in [0.29, 0.717) is 6.42 Å². The molecule has 2 aromatic carbocycles. The number of nitrogens with zero attached hydrogens (tertiary/aromatic N) is 3. The lowest BCUT2D eigenvalue weighted by Gasteiger charge is -2.13. The van der Waals surface area contributed by atoms with Crippen molar-refractivity contribution in [3.63, 3.8) is 0 Å². The number of aliphatic hydroxyl groups is 1. The SMILES string of the molecule is Cc1[nH]nc2cccc(OC[C@@H](O)CCCc3ccn(Cc4ccccc4)n3)c12. The van der Waals surface area contributed by atoms with Crippen molar-refractivity contribution in [3.8, 4) is 5.75 Å². The maximum Gasteiger partial charge on any atom is 0.130 e. The fourth-order valence-electron chi connectivity index (χ4n) is 3.49. The topological polar surface area (TPSA) is 76.0 Å². The molecule has 2 N–H and O–H groups in total. The molecule has 0 aliphatic rings. The first-order valence-electron chi connectivity index (χ1n) is 10.00. The zero-order valence-corrected chi connectivity index (χ0v) is 16.6. The molecule has 2 aromatic heterocycles. The molecule has 0 aliphatic heterocycles. The van der Waals surface area contributed by atoms with Crippen LogP contribution in [-0.2, 0) is 13.0 Å². The van der Waals surface area contributed by atoms with Gasteiger partial charge in [-0.3, -0.25) is 9.78 Å². The molecule has 0 amide bonds. The van der Waals surface area contributed by atoms with Crippen molar-refractivity contribution in [3.05, 3.63) is 77.7 Å². The highest BCUT2D eigenvalue weighted by atomic mass is 16.5. The molecule has 6 nitrogen and oxygen atoms in total. The van der Waals surface area contributed by atoms with E-state index in [2.05, 4.69) is 27.4 Å². The van der Waals surface area contributed by atoms with Crippen molar-refractivity contribution in [2.75, 3.05) is 6.61 Å². The van der Waals surface area contributed by atoms with Gasteiger partial charge in [0.05, 0.1) is 29.2 Å². The molecule has 0 radical (unpaired) electrons. The van der Waals surface area contributed by atoms with E-state index in [-0.39, 0.29) is 6.61 Å². The number of fused-ring (bicyclic) bond motifs is 1. The van der Waals surface area contributed by atoms with Gasteiger partial charge in [-0.25, -0.2) is 0 Å². The second-order valence-electron chi connectivity index (χ2n) is 7.35. The largest absolute Gasteiger partial charge is 0.490 e. The summed E-state index contributed by atoms with van der Waals surface area (Å²) in [5, 5.41) is 23.1. The third-order valence-corrected chi connectivity index (χ3v) is 5.01. The van der Waals surface area contributed by atoms with Crippen LogP contribution in [-0.4, -0.2) is 37.8 Å². The van der Waals surface area contributed by atoms with E-state index in [0.717, 1.165) is 47.4 Å². The van der Waals surface area contributed by atoms with E-state index < -0.39 is 6.10 Å². The first kappa shape index (κ1) is 19.2. The lowest BCUT2D eigenvalue weighted by molar-refractivity contribution is 0.0989. The number of benzene rings is 2. The lowest BCUT2D eigenvalue weighted by Crippen LogP contribution is -2.17. The van der Waals surface area contributed by atoms with Gasteiger partial charge < -0.3 is 9.84 Å². The van der Waals surface area contributed by atoms with Crippen LogP contribution >= 0.6 is 0 Å². The molecule has 150 valence electrons. The number of nitrogens with one attached hydrogen (secondary N) is 1. The smallest absolute Gasteiger partial charge is 0.130 e. The normalized spacial score (nSPS) is 12.3. The van der Waals surface area contributed by atoms with E-state index in [1.165, 1.54) is 5.56 Å². The molecule has 4 rings (SSSR count). The summed E-state index contributed by atoms with van der Waals surface area (Å²) in [6.07, 6.45) is 3.88. The van der Waals surface area contributed by atoms with Gasteiger partial charge in [0.2, 0.25) is 0 Å². The van der Waals surface area contributed by atoms with E-state index in [1.807, 2.05) is 60.3 Å². The highest BCUT2D eigenvalue weighted by Gasteiger charge is 2.11. The number of aromatic amines is 1. The Morgan fingerprint density at radius 1 is 1.10 bits per heavy atom. The Morgan fingerprint density at radius 3 is 2.83 bits per heavy atom. The summed E-state index contributed by atoms with van der Waals surface area (Å²) < 4.78 is 7.82. The standard InChI is InChI=1S/C23H26N4O2/c1-17-23-21(25-24-17)11-6-12-22(23)29-16-20(28)10-5-9-19-13-14-27(26-19)15-18-7-3-2-4-8-18/h2-4,6-8,11-14,20,28H,5,9-10,15-16H2,1H3,(H,24,25)/t20-/m0/s1. The van der Waals surface area contributed by atoms with E-state index in [4.69, 9.17) is 4.74 Å². The lowest BCUT2D eigenvalue weighted by atomic mass is 10.1. The van der Waals surface area contributed by atoms with E-state index >= 15 is 0 Å². The van der Waals surface area contributed by atoms with Gasteiger partial charge in [-0.1, -0.05) is 36.4 Å². The quantitative estimate of drug-likeness (QED) is 0.455. The van der Waals surface area contributed by atoms with Gasteiger partial charge in [0.1, 0.15) is 12.4 Å². The number of ether oxygens (including phenoxy) is 1. The summed E-state index contributed by atoms with van der Waals surface area (Å²) in [6, 6.07) is 18.1. The van der Waals surface area contributed by atoms with E-state index in [9.17, 15) is 5.11 Å². The average molecular weight is 390 g/mol. The second kappa shape index (κ2) is 8.92. The Morgan fingerprint density at radius 2 is 1.97 bits per heavy atom. The highest BCUT2D eigenvalue weighted by Crippen LogP contribution is 2.27. The Kier molecular flexibility index (Phi) is 5.91. The van der Waals surface area contributed by atoms with Crippen molar-refractivity contribution in [1.29, 1.82) is 0 Å². The van der Waals surface area contributed by atoms with Gasteiger partial charge in [-0.05, 0) is 49.9 Å². The molecule has 0 aliphatic carbocycles. The maximum atomic E-state index is 10.3. The fourth-order valence-corrected chi connectivity index (χ4v) is 3.49. The van der Waals surface area contributed by atoms with Gasteiger partial charge >= 0.3 is 0 Å². The molecule has 29 heavy (non-hydrogen) atoms. The Balaban J connectivity index is 1.23. The van der Waals surface area contributed by atoms with Crippen LogP contribution in [0.25, 0.3) is 10.9 Å². The number of aliphatic hydroxyl groups excluding tert-OH is 1. The molecule has 2 heterocycles. The van der Waals surface area contributed by atoms with Crippen molar-refractivity contribution in [1.82, 2.24) is 20.0 Å². The minimum atomic E-state index is -0.510. The van der Waals surface area contributed by atoms with Crippen LogP contribution in [0.4, 0.5) is 0 Å². The van der Waals surface area contributed by atoms with Crippen LogP contribution in [0.15, 0.2) is 60.8 Å². The number of aromatic nitrogens is 4. The molecule has 0 saturated heterocycles. The van der Waals surface area contributed by atoms with Crippen molar-refractivity contribution < 1.29 is 9.84 Å². The summed E-state index contributed by atoms with van der Waals surface area (Å²) >= 11 is 0. The zero-order valence-electron chi connectivity index (χ0n) is 16.6. The van der Waals surface area contributed by atoms with Crippen LogP contribution in [0, 0.1) is 6.92 Å². The molecule has 0 fully saturated rings. The number of rotatable bonds is 9. The highest BCUT2D eigenvalue weighted by molar-refractivity contribution is 5.87. The van der Waals surface area contributed by atoms with Gasteiger partial charge in [-0.15, -0.1) is 0 Å². The fraction of sp³-hybridized carbons (Fsp3) is 0.304. The summed E-state index contributed by atoms with van der Waals surface area (Å²) in [6.45, 7) is 3.01. The van der Waals surface area contributed by atoms with Crippen LogP contribution in [0.2, 0.25) is 0 Å². The molecule has 0 spiro atoms.